The average molecular weight is 95.1 g/mol. The molecule has 1 radical (unpaired) electrons. The minimum atomic E-state index is 0.627. The van der Waals surface area contributed by atoms with Crippen molar-refractivity contribution in [1.29, 1.82) is 0 Å². The Balaban J connectivity index is 2.57. The lowest BCUT2D eigenvalue weighted by Crippen LogP contribution is -2.21. The van der Waals surface area contributed by atoms with Crippen LogP contribution in [0.2, 0.25) is 0 Å². The minimum Gasteiger partial charge on any atom is -0.385 e. The molecule has 0 aliphatic carbocycles. The standard InChI is InChI=1S/C5H7N2/c6-5-3-1-2-4-7-5/h1-2,7H,4,6H2. The van der Waals surface area contributed by atoms with E-state index in [4.69, 9.17) is 5.73 Å². The zero-order valence-electron chi connectivity index (χ0n) is 3.94. The lowest BCUT2D eigenvalue weighted by Gasteiger charge is -2.03. The summed E-state index contributed by atoms with van der Waals surface area (Å²) < 4.78 is 0. The van der Waals surface area contributed by atoms with Crippen molar-refractivity contribution in [2.24, 2.45) is 5.73 Å². The second-order valence-corrected chi connectivity index (χ2v) is 1.34. The van der Waals surface area contributed by atoms with Crippen LogP contribution in [0.4, 0.5) is 0 Å². The lowest BCUT2D eigenvalue weighted by atomic mass is 10.4. The maximum absolute atomic E-state index is 5.28. The number of nitrogens with one attached hydrogen (secondary N) is 1. The van der Waals surface area contributed by atoms with Crippen molar-refractivity contribution in [1.82, 2.24) is 5.32 Å². The third kappa shape index (κ3) is 0.961. The van der Waals surface area contributed by atoms with Crippen molar-refractivity contribution in [2.75, 3.05) is 6.54 Å². The van der Waals surface area contributed by atoms with Crippen LogP contribution in [0, 0.1) is 6.08 Å². The molecule has 0 aromatic carbocycles. The summed E-state index contributed by atoms with van der Waals surface area (Å²) in [5, 5.41) is 2.88. The number of allylic oxidation sites excluding steroid dienone is 2. The summed E-state index contributed by atoms with van der Waals surface area (Å²) in [4.78, 5) is 0. The van der Waals surface area contributed by atoms with Crippen LogP contribution in [-0.4, -0.2) is 6.54 Å². The van der Waals surface area contributed by atoms with E-state index in [1.807, 2.05) is 12.2 Å². The van der Waals surface area contributed by atoms with Crippen LogP contribution in [-0.2, 0) is 0 Å². The minimum absolute atomic E-state index is 0.627. The SMILES string of the molecule is NC1=[C]C=CCN1. The molecule has 0 bridgehead atoms. The van der Waals surface area contributed by atoms with E-state index in [-0.39, 0.29) is 0 Å². The summed E-state index contributed by atoms with van der Waals surface area (Å²) >= 11 is 0. The summed E-state index contributed by atoms with van der Waals surface area (Å²) in [5.74, 6) is 0.627. The van der Waals surface area contributed by atoms with Gasteiger partial charge >= 0.3 is 0 Å². The first-order valence-corrected chi connectivity index (χ1v) is 2.17. The fourth-order valence-electron chi connectivity index (χ4n) is 0.428. The van der Waals surface area contributed by atoms with Crippen LogP contribution in [0.5, 0.6) is 0 Å². The summed E-state index contributed by atoms with van der Waals surface area (Å²) in [5.41, 5.74) is 5.28. The van der Waals surface area contributed by atoms with Crippen LogP contribution in [0.15, 0.2) is 18.0 Å². The maximum atomic E-state index is 5.28. The molecule has 0 unspecified atom stereocenters. The van der Waals surface area contributed by atoms with E-state index in [1.54, 1.807) is 0 Å². The van der Waals surface area contributed by atoms with Gasteiger partial charge in [-0.1, -0.05) is 12.2 Å². The molecule has 1 rings (SSSR count). The number of hydrogen-bond donors (Lipinski definition) is 2. The molecule has 0 saturated heterocycles. The van der Waals surface area contributed by atoms with Crippen molar-refractivity contribution in [3.8, 4) is 0 Å². The molecule has 0 amide bonds. The van der Waals surface area contributed by atoms with Crippen molar-refractivity contribution in [3.05, 3.63) is 24.0 Å². The van der Waals surface area contributed by atoms with Crippen LogP contribution in [0.3, 0.4) is 0 Å². The van der Waals surface area contributed by atoms with Gasteiger partial charge < -0.3 is 11.1 Å². The predicted octanol–water partition coefficient (Wildman–Crippen LogP) is -0.251. The molecule has 0 atom stereocenters. The molecule has 3 N–H and O–H groups in total. The van der Waals surface area contributed by atoms with Gasteiger partial charge in [-0.2, -0.15) is 0 Å². The zero-order valence-corrected chi connectivity index (χ0v) is 3.94. The van der Waals surface area contributed by atoms with Crippen molar-refractivity contribution < 1.29 is 0 Å². The Kier molecular flexibility index (Phi) is 1.02. The van der Waals surface area contributed by atoms with Crippen molar-refractivity contribution in [2.45, 2.75) is 0 Å². The molecule has 0 saturated carbocycles. The molecule has 37 valence electrons. The number of hydrogen-bond acceptors (Lipinski definition) is 2. The van der Waals surface area contributed by atoms with E-state index >= 15 is 0 Å². The van der Waals surface area contributed by atoms with Gasteiger partial charge in [0, 0.05) is 12.6 Å². The molecule has 1 heterocycles. The zero-order chi connectivity index (χ0) is 5.11. The van der Waals surface area contributed by atoms with E-state index in [0.29, 0.717) is 5.82 Å². The molecule has 7 heavy (non-hydrogen) atoms. The fourth-order valence-corrected chi connectivity index (χ4v) is 0.428. The Hall–Kier alpha value is -0.920. The molecule has 0 spiro atoms. The van der Waals surface area contributed by atoms with Gasteiger partial charge in [0.05, 0.1) is 0 Å². The predicted molar refractivity (Wildman–Crippen MR) is 28.1 cm³/mol. The van der Waals surface area contributed by atoms with E-state index in [1.165, 1.54) is 0 Å². The Morgan fingerprint density at radius 3 is 3.00 bits per heavy atom. The molecular formula is C5H7N2. The third-order valence-corrected chi connectivity index (χ3v) is 0.767. The van der Waals surface area contributed by atoms with Gasteiger partial charge in [0.25, 0.3) is 0 Å². The molecule has 0 aromatic rings. The molecule has 1 aliphatic heterocycles. The van der Waals surface area contributed by atoms with Crippen LogP contribution >= 0.6 is 0 Å². The number of dihydropyridines is 1. The van der Waals surface area contributed by atoms with Gasteiger partial charge in [-0.3, -0.25) is 0 Å². The number of rotatable bonds is 0. The quantitative estimate of drug-likeness (QED) is 0.435. The second kappa shape index (κ2) is 1.69. The van der Waals surface area contributed by atoms with Gasteiger partial charge in [0.1, 0.15) is 5.82 Å². The summed E-state index contributed by atoms with van der Waals surface area (Å²) in [6.07, 6.45) is 6.55. The highest BCUT2D eigenvalue weighted by Gasteiger charge is 1.86. The Bertz CT molecular complexity index is 113. The highest BCUT2D eigenvalue weighted by atomic mass is 15.0. The Morgan fingerprint density at radius 2 is 2.71 bits per heavy atom. The normalized spacial score (nSPS) is 18.0. The summed E-state index contributed by atoms with van der Waals surface area (Å²) in [7, 11) is 0. The fraction of sp³-hybridized carbons (Fsp3) is 0.200. The summed E-state index contributed by atoms with van der Waals surface area (Å²) in [6.45, 7) is 0.832. The largest absolute Gasteiger partial charge is 0.385 e. The van der Waals surface area contributed by atoms with Gasteiger partial charge in [0.2, 0.25) is 0 Å². The molecule has 0 aromatic heterocycles. The lowest BCUT2D eigenvalue weighted by molar-refractivity contribution is 0.867. The van der Waals surface area contributed by atoms with Crippen LogP contribution in [0.25, 0.3) is 0 Å². The van der Waals surface area contributed by atoms with Crippen molar-refractivity contribution >= 4 is 0 Å². The van der Waals surface area contributed by atoms with Gasteiger partial charge in [-0.05, 0) is 0 Å². The molecule has 1 aliphatic rings. The maximum Gasteiger partial charge on any atom is 0.104 e. The van der Waals surface area contributed by atoms with E-state index in [0.717, 1.165) is 6.54 Å². The van der Waals surface area contributed by atoms with Gasteiger partial charge in [-0.25, -0.2) is 0 Å². The highest BCUT2D eigenvalue weighted by Crippen LogP contribution is 1.83. The number of nitrogens with two attached hydrogens (primary N) is 1. The smallest absolute Gasteiger partial charge is 0.104 e. The Labute approximate surface area is 42.7 Å². The topological polar surface area (TPSA) is 38.0 Å². The Morgan fingerprint density at radius 1 is 1.86 bits per heavy atom. The van der Waals surface area contributed by atoms with Gasteiger partial charge in [-0.15, -0.1) is 0 Å². The van der Waals surface area contributed by atoms with E-state index in [2.05, 4.69) is 11.4 Å². The molecule has 0 fully saturated rings. The molecular weight excluding hydrogens is 88.1 g/mol. The first-order valence-electron chi connectivity index (χ1n) is 2.17. The highest BCUT2D eigenvalue weighted by molar-refractivity contribution is 5.07. The average Bonchev–Trinajstić information content (AvgIpc) is 1.69. The van der Waals surface area contributed by atoms with E-state index < -0.39 is 0 Å². The van der Waals surface area contributed by atoms with Gasteiger partial charge in [0.15, 0.2) is 0 Å². The first kappa shape index (κ1) is 4.24. The van der Waals surface area contributed by atoms with Crippen LogP contribution in [0.1, 0.15) is 0 Å². The van der Waals surface area contributed by atoms with Crippen LogP contribution < -0.4 is 11.1 Å². The van der Waals surface area contributed by atoms with E-state index in [9.17, 15) is 0 Å². The monoisotopic (exact) mass is 95.1 g/mol. The third-order valence-electron chi connectivity index (χ3n) is 0.767. The van der Waals surface area contributed by atoms with Crippen molar-refractivity contribution in [3.63, 3.8) is 0 Å². The summed E-state index contributed by atoms with van der Waals surface area (Å²) in [6, 6.07) is 0. The second-order valence-electron chi connectivity index (χ2n) is 1.34. The first-order chi connectivity index (χ1) is 3.39. The molecule has 2 nitrogen and oxygen atoms in total. The molecule has 2 heteroatoms.